The highest BCUT2D eigenvalue weighted by atomic mass is 32.2. The van der Waals surface area contributed by atoms with Crippen LogP contribution >= 0.6 is 0 Å². The van der Waals surface area contributed by atoms with Gasteiger partial charge >= 0.3 is 6.18 Å². The van der Waals surface area contributed by atoms with Crippen LogP contribution in [0.5, 0.6) is 0 Å². The summed E-state index contributed by atoms with van der Waals surface area (Å²) in [6, 6.07) is 14.9. The third kappa shape index (κ3) is 5.45. The van der Waals surface area contributed by atoms with E-state index < -0.39 is 22.2 Å². The molecule has 1 aliphatic heterocycles. The minimum Gasteiger partial charge on any atom is -0.344 e. The van der Waals surface area contributed by atoms with Gasteiger partial charge in [-0.25, -0.2) is 13.1 Å². The van der Waals surface area contributed by atoms with Crippen LogP contribution in [0.3, 0.4) is 0 Å². The summed E-state index contributed by atoms with van der Waals surface area (Å²) in [4.78, 5) is 14.4. The molecule has 5 rings (SSSR count). The number of fused-ring (bicyclic) bond motifs is 1. The van der Waals surface area contributed by atoms with Crippen LogP contribution in [0, 0.1) is 5.92 Å². The summed E-state index contributed by atoms with van der Waals surface area (Å²) < 4.78 is 70.5. The van der Waals surface area contributed by atoms with E-state index in [0.717, 1.165) is 22.2 Å². The molecule has 1 saturated heterocycles. The van der Waals surface area contributed by atoms with Crippen molar-refractivity contribution in [3.63, 3.8) is 0 Å². The number of amides is 1. The first kappa shape index (κ1) is 26.7. The number of hydrogen-bond donors (Lipinski definition) is 2. The van der Waals surface area contributed by atoms with Gasteiger partial charge in [0.15, 0.2) is 0 Å². The number of hydrogen-bond acceptors (Lipinski definition) is 4. The summed E-state index contributed by atoms with van der Waals surface area (Å²) in [5.41, 5.74) is 2.82. The number of aryl methyl sites for hydroxylation is 1. The highest BCUT2D eigenvalue weighted by molar-refractivity contribution is 7.89. The molecule has 2 N–H and O–H groups in total. The normalized spacial score (nSPS) is 23.1. The average Bonchev–Trinajstić information content (AvgIpc) is 3.24. The third-order valence-corrected chi connectivity index (χ3v) is 9.20. The molecule has 2 heterocycles. The number of nitrogens with one attached hydrogen (secondary N) is 2. The molecule has 2 aromatic carbocycles. The van der Waals surface area contributed by atoms with Gasteiger partial charge in [-0.2, -0.15) is 13.2 Å². The highest BCUT2D eigenvalue weighted by Crippen LogP contribution is 2.31. The first-order valence-electron chi connectivity index (χ1n) is 12.8. The van der Waals surface area contributed by atoms with Gasteiger partial charge in [0.25, 0.3) is 0 Å². The highest BCUT2D eigenvalue weighted by Gasteiger charge is 2.43. The number of benzene rings is 2. The van der Waals surface area contributed by atoms with Crippen molar-refractivity contribution in [2.75, 3.05) is 19.6 Å². The Morgan fingerprint density at radius 2 is 1.74 bits per heavy atom. The average molecular weight is 549 g/mol. The van der Waals surface area contributed by atoms with Crippen LogP contribution in [0.4, 0.5) is 13.2 Å². The maximum absolute atomic E-state index is 13.2. The lowest BCUT2D eigenvalue weighted by atomic mass is 9.85. The number of halogens is 3. The largest absolute Gasteiger partial charge is 0.405 e. The van der Waals surface area contributed by atoms with Gasteiger partial charge in [0, 0.05) is 55.2 Å². The smallest absolute Gasteiger partial charge is 0.344 e. The molecule has 38 heavy (non-hydrogen) atoms. The monoisotopic (exact) mass is 548 g/mol. The van der Waals surface area contributed by atoms with Gasteiger partial charge in [-0.3, -0.25) is 4.79 Å². The second-order valence-corrected chi connectivity index (χ2v) is 11.9. The van der Waals surface area contributed by atoms with Gasteiger partial charge in [0.1, 0.15) is 6.04 Å². The van der Waals surface area contributed by atoms with E-state index in [0.29, 0.717) is 25.7 Å². The number of alkyl halides is 3. The van der Waals surface area contributed by atoms with E-state index in [-0.39, 0.29) is 42.4 Å². The van der Waals surface area contributed by atoms with Gasteiger partial charge in [-0.05, 0) is 49.4 Å². The Labute approximate surface area is 220 Å². The summed E-state index contributed by atoms with van der Waals surface area (Å²) in [5.74, 6) is -0.663. The number of carbonyl (C=O) groups excluding carboxylic acids is 1. The van der Waals surface area contributed by atoms with Crippen LogP contribution in [0.15, 0.2) is 59.5 Å². The van der Waals surface area contributed by atoms with Crippen LogP contribution in [0.1, 0.15) is 25.7 Å². The molecule has 3 aromatic rings. The Hall–Kier alpha value is -2.89. The van der Waals surface area contributed by atoms with E-state index in [2.05, 4.69) is 10.0 Å². The third-order valence-electron chi connectivity index (χ3n) is 7.68. The lowest BCUT2D eigenvalue weighted by molar-refractivity contribution is -0.169. The number of aromatic nitrogens is 1. The summed E-state index contributed by atoms with van der Waals surface area (Å²) in [5, 5.41) is 3.36. The first-order chi connectivity index (χ1) is 18.0. The molecular formula is C27H31F3N4O3S. The lowest BCUT2D eigenvalue weighted by Gasteiger charge is -2.38. The Morgan fingerprint density at radius 1 is 1.03 bits per heavy atom. The van der Waals surface area contributed by atoms with Crippen LogP contribution in [0.25, 0.3) is 22.2 Å². The summed E-state index contributed by atoms with van der Waals surface area (Å²) in [6.07, 6.45) is -2.63. The number of sulfonamides is 1. The molecule has 1 unspecified atom stereocenters. The zero-order chi connectivity index (χ0) is 27.1. The van der Waals surface area contributed by atoms with Crippen molar-refractivity contribution in [2.24, 2.45) is 13.0 Å². The molecule has 1 aromatic heterocycles. The molecule has 0 spiro atoms. The fourth-order valence-electron chi connectivity index (χ4n) is 5.54. The maximum atomic E-state index is 13.2. The van der Waals surface area contributed by atoms with Crippen molar-refractivity contribution in [3.8, 4) is 11.3 Å². The second-order valence-electron chi connectivity index (χ2n) is 10.2. The Morgan fingerprint density at radius 3 is 2.42 bits per heavy atom. The maximum Gasteiger partial charge on any atom is 0.405 e. The van der Waals surface area contributed by atoms with E-state index in [1.807, 2.05) is 48.0 Å². The molecule has 0 bridgehead atoms. The molecule has 1 saturated carbocycles. The van der Waals surface area contributed by atoms with E-state index in [1.54, 1.807) is 18.2 Å². The molecule has 2 aliphatic rings. The molecule has 1 amide bonds. The summed E-state index contributed by atoms with van der Waals surface area (Å²) in [7, 11) is -1.89. The number of carbonyl (C=O) groups is 1. The molecular weight excluding hydrogens is 517 g/mol. The Bertz CT molecular complexity index is 1410. The van der Waals surface area contributed by atoms with Crippen molar-refractivity contribution in [1.82, 2.24) is 19.5 Å². The van der Waals surface area contributed by atoms with Crippen molar-refractivity contribution < 1.29 is 26.4 Å². The fraction of sp³-hybridized carbons (Fsp3) is 0.444. The van der Waals surface area contributed by atoms with Crippen LogP contribution in [-0.4, -0.2) is 61.7 Å². The minimum absolute atomic E-state index is 0.101. The number of rotatable bonds is 5. The fourth-order valence-corrected chi connectivity index (χ4v) is 6.86. The summed E-state index contributed by atoms with van der Waals surface area (Å²) in [6.45, 7) is -0.0442. The molecule has 1 aliphatic carbocycles. The summed E-state index contributed by atoms with van der Waals surface area (Å²) >= 11 is 0. The van der Waals surface area contributed by atoms with E-state index in [1.165, 1.54) is 4.90 Å². The standard InChI is InChI=1S/C27H31F3N4O3S/c1-33-23(18-5-3-2-4-6-18)15-20-9-12-22(16-24(20)33)38(36,37)32-21-10-7-19(8-11-21)26(35)34-14-13-31-25(17-34)27(28,29)30/h2-6,9,12,15-16,19,21,25,31-32H,7-8,10-11,13-14,17H2,1H3. The van der Waals surface area contributed by atoms with Crippen LogP contribution in [0.2, 0.25) is 0 Å². The number of nitrogens with zero attached hydrogens (tertiary/aromatic N) is 2. The Kier molecular flexibility index (Phi) is 7.27. The number of piperazine rings is 1. The van der Waals surface area contributed by atoms with Crippen molar-refractivity contribution >= 4 is 26.8 Å². The zero-order valence-corrected chi connectivity index (χ0v) is 21.9. The van der Waals surface area contributed by atoms with E-state index >= 15 is 0 Å². The molecule has 2 fully saturated rings. The van der Waals surface area contributed by atoms with Crippen LogP contribution < -0.4 is 10.0 Å². The van der Waals surface area contributed by atoms with Gasteiger partial charge in [-0.15, -0.1) is 0 Å². The predicted octanol–water partition coefficient (Wildman–Crippen LogP) is 4.05. The van der Waals surface area contributed by atoms with E-state index in [4.69, 9.17) is 0 Å². The molecule has 204 valence electrons. The second kappa shape index (κ2) is 10.3. The molecule has 0 radical (unpaired) electrons. The topological polar surface area (TPSA) is 83.4 Å². The van der Waals surface area contributed by atoms with Crippen LogP contribution in [-0.2, 0) is 21.9 Å². The van der Waals surface area contributed by atoms with Gasteiger partial charge in [0.05, 0.1) is 4.90 Å². The van der Waals surface area contributed by atoms with Gasteiger partial charge in [-0.1, -0.05) is 36.4 Å². The first-order valence-corrected chi connectivity index (χ1v) is 14.3. The molecule has 7 nitrogen and oxygen atoms in total. The van der Waals surface area contributed by atoms with E-state index in [9.17, 15) is 26.4 Å². The molecule has 1 atom stereocenters. The predicted molar refractivity (Wildman–Crippen MR) is 139 cm³/mol. The zero-order valence-electron chi connectivity index (χ0n) is 21.0. The quantitative estimate of drug-likeness (QED) is 0.504. The van der Waals surface area contributed by atoms with Gasteiger partial charge < -0.3 is 14.8 Å². The van der Waals surface area contributed by atoms with Crippen molar-refractivity contribution in [2.45, 2.75) is 48.8 Å². The minimum atomic E-state index is -4.40. The Balaban J connectivity index is 1.23. The van der Waals surface area contributed by atoms with Gasteiger partial charge in [0.2, 0.25) is 15.9 Å². The SMILES string of the molecule is Cn1c(-c2ccccc2)cc2ccc(S(=O)(=O)NC3CCC(C(=O)N4CCNC(C(F)(F)F)C4)CC3)cc21. The van der Waals surface area contributed by atoms with Crippen molar-refractivity contribution in [3.05, 3.63) is 54.6 Å². The lowest BCUT2D eigenvalue weighted by Crippen LogP contribution is -2.59. The van der Waals surface area contributed by atoms with Crippen molar-refractivity contribution in [1.29, 1.82) is 0 Å². The molecule has 11 heteroatoms.